The Morgan fingerprint density at radius 1 is 0.930 bits per heavy atom. The van der Waals surface area contributed by atoms with Crippen LogP contribution >= 0.6 is 0 Å². The number of benzene rings is 2. The Morgan fingerprint density at radius 2 is 1.51 bits per heavy atom. The summed E-state index contributed by atoms with van der Waals surface area (Å²) in [5.74, 6) is -4.75. The molecule has 3 fully saturated rings. The lowest BCUT2D eigenvalue weighted by atomic mass is 9.44. The molecule has 2 aromatic carbocycles. The number of carbonyl (C=O) groups excluding carboxylic acids is 5. The fourth-order valence-electron chi connectivity index (χ4n) is 11.4. The molecule has 3 aliphatic carbocycles. The highest BCUT2D eigenvalue weighted by atomic mass is 28.4. The van der Waals surface area contributed by atoms with Crippen molar-refractivity contribution in [3.63, 3.8) is 0 Å². The Bertz CT molecular complexity index is 2390. The molecule has 0 radical (unpaired) electrons. The molecule has 0 aromatic heterocycles. The van der Waals surface area contributed by atoms with Gasteiger partial charge in [0.15, 0.2) is 34.1 Å². The summed E-state index contributed by atoms with van der Waals surface area (Å²) >= 11 is 0. The minimum atomic E-state index is -2.88. The van der Waals surface area contributed by atoms with E-state index in [4.69, 9.17) is 27.8 Å². The minimum absolute atomic E-state index is 0.0988. The smallest absolute Gasteiger partial charge is 0.338 e. The van der Waals surface area contributed by atoms with Crippen LogP contribution in [-0.2, 0) is 47.0 Å². The zero-order valence-corrected chi connectivity index (χ0v) is 46.6. The van der Waals surface area contributed by atoms with Crippen molar-refractivity contribution in [2.24, 2.45) is 16.7 Å². The van der Waals surface area contributed by atoms with Gasteiger partial charge >= 0.3 is 17.9 Å². The number of aliphatic hydroxyl groups excluding tert-OH is 1. The maximum atomic E-state index is 16.4. The molecule has 1 saturated heterocycles. The van der Waals surface area contributed by atoms with Crippen molar-refractivity contribution in [1.82, 2.24) is 5.32 Å². The Hall–Kier alpha value is -4.30. The summed E-state index contributed by atoms with van der Waals surface area (Å²) in [5, 5.41) is 29.5. The number of rotatable bonds is 16. The molecular formula is C55H79NO13Si2. The van der Waals surface area contributed by atoms with Crippen LogP contribution in [0.2, 0.25) is 36.3 Å². The average Bonchev–Trinajstić information content (AvgIpc) is 3.32. The van der Waals surface area contributed by atoms with Crippen molar-refractivity contribution < 1.29 is 62.0 Å². The quantitative estimate of drug-likeness (QED) is 0.0475. The van der Waals surface area contributed by atoms with E-state index in [2.05, 4.69) is 5.32 Å². The number of nitrogens with one attached hydrogen (secondary N) is 1. The normalized spacial score (nSPS) is 30.5. The van der Waals surface area contributed by atoms with Crippen molar-refractivity contribution in [3.05, 3.63) is 94.6 Å². The summed E-state index contributed by atoms with van der Waals surface area (Å²) in [6.07, 6.45) is -7.03. The van der Waals surface area contributed by atoms with Crippen molar-refractivity contribution in [2.75, 3.05) is 6.61 Å². The number of aliphatic hydroxyl groups is 2. The second-order valence-corrected chi connectivity index (χ2v) is 32.0. The highest BCUT2D eigenvalue weighted by molar-refractivity contribution is 6.74. The van der Waals surface area contributed by atoms with E-state index < -0.39 is 122 Å². The minimum Gasteiger partial charge on any atom is -0.456 e. The predicted octanol–water partition coefficient (Wildman–Crippen LogP) is 8.88. The molecule has 2 aromatic rings. The first kappa shape index (κ1) is 56.0. The summed E-state index contributed by atoms with van der Waals surface area (Å²) in [6.45, 7) is 27.6. The summed E-state index contributed by atoms with van der Waals surface area (Å²) < 4.78 is 40.2. The largest absolute Gasteiger partial charge is 0.456 e. The summed E-state index contributed by atoms with van der Waals surface area (Å²) in [7, 11) is -5.68. The van der Waals surface area contributed by atoms with Gasteiger partial charge in [-0.2, -0.15) is 0 Å². The topological polar surface area (TPSA) is 193 Å². The summed E-state index contributed by atoms with van der Waals surface area (Å²) in [5.41, 5.74) is -5.38. The molecule has 390 valence electrons. The molecule has 3 N–H and O–H groups in total. The van der Waals surface area contributed by atoms with E-state index in [0.717, 1.165) is 0 Å². The van der Waals surface area contributed by atoms with Gasteiger partial charge in [-0.05, 0) is 92.8 Å². The molecule has 2 bridgehead atoms. The third-order valence-corrected chi connectivity index (χ3v) is 26.5. The van der Waals surface area contributed by atoms with E-state index >= 15 is 9.59 Å². The zero-order valence-electron chi connectivity index (χ0n) is 44.6. The van der Waals surface area contributed by atoms with Gasteiger partial charge in [0, 0.05) is 30.8 Å². The molecule has 0 spiro atoms. The van der Waals surface area contributed by atoms with Gasteiger partial charge in [0.25, 0.3) is 0 Å². The number of allylic oxidation sites excluding steroid dienone is 1. The number of carbonyl (C=O) groups is 5. The molecular weight excluding hydrogens is 939 g/mol. The number of ketones is 1. The molecule has 14 nitrogen and oxygen atoms in total. The first-order valence-electron chi connectivity index (χ1n) is 25.3. The third kappa shape index (κ3) is 9.83. The van der Waals surface area contributed by atoms with Gasteiger partial charge in [0.2, 0.25) is 5.91 Å². The van der Waals surface area contributed by atoms with Crippen molar-refractivity contribution in [3.8, 4) is 0 Å². The van der Waals surface area contributed by atoms with E-state index in [1.807, 2.05) is 72.8 Å². The maximum Gasteiger partial charge on any atom is 0.338 e. The van der Waals surface area contributed by atoms with E-state index in [1.165, 1.54) is 6.92 Å². The Balaban J connectivity index is 1.65. The Kier molecular flexibility index (Phi) is 16.2. The highest BCUT2D eigenvalue weighted by Gasteiger charge is 2.78. The molecule has 6 rings (SSSR count). The number of esters is 3. The molecule has 16 heteroatoms. The van der Waals surface area contributed by atoms with Crippen LogP contribution in [0.5, 0.6) is 0 Å². The van der Waals surface area contributed by atoms with Gasteiger partial charge < -0.3 is 43.3 Å². The van der Waals surface area contributed by atoms with E-state index in [9.17, 15) is 24.6 Å². The van der Waals surface area contributed by atoms with Crippen LogP contribution in [0.15, 0.2) is 83.5 Å². The molecule has 4 aliphatic rings. The molecule has 11 atom stereocenters. The van der Waals surface area contributed by atoms with Crippen molar-refractivity contribution >= 4 is 46.2 Å². The SMILES string of the molecule is C/C=C(\C)C(=O)N[C@@H](c1ccccc1)[C@@H](O[Si](C)(C)C(C)(C)C)C(=O)O[C@H]1C[C@@]2(O)[C@@H](OC(=O)c3ccccc3)C3[C@](C)(C(=O)[C@H](O[Si](CC)(CC)CC)C(=C1C)C2(C)C)[C@@H](O)C[C@H]1OC[C@@]31OC(C)=O. The number of amides is 1. The zero-order chi connectivity index (χ0) is 52.9. The van der Waals surface area contributed by atoms with Crippen LogP contribution in [0.1, 0.15) is 125 Å². The second kappa shape index (κ2) is 20.5. The number of ether oxygens (including phenoxy) is 4. The lowest BCUT2D eigenvalue weighted by molar-refractivity contribution is -0.345. The van der Waals surface area contributed by atoms with Crippen LogP contribution in [-0.4, -0.2) is 111 Å². The van der Waals surface area contributed by atoms with Crippen LogP contribution in [0.3, 0.4) is 0 Å². The Morgan fingerprint density at radius 3 is 2.01 bits per heavy atom. The molecule has 1 aliphatic heterocycles. The average molecular weight is 1020 g/mol. The van der Waals surface area contributed by atoms with Crippen LogP contribution in [0, 0.1) is 16.7 Å². The second-order valence-electron chi connectivity index (χ2n) is 22.6. The molecule has 1 unspecified atom stereocenters. The molecule has 2 saturated carbocycles. The first-order chi connectivity index (χ1) is 33.1. The monoisotopic (exact) mass is 1020 g/mol. The van der Waals surface area contributed by atoms with Gasteiger partial charge in [-0.25, -0.2) is 9.59 Å². The predicted molar refractivity (Wildman–Crippen MR) is 274 cm³/mol. The molecule has 71 heavy (non-hydrogen) atoms. The van der Waals surface area contributed by atoms with Crippen molar-refractivity contribution in [2.45, 2.75) is 193 Å². The maximum absolute atomic E-state index is 16.4. The van der Waals surface area contributed by atoms with Crippen molar-refractivity contribution in [1.29, 1.82) is 0 Å². The molecule has 1 heterocycles. The number of hydrogen-bond acceptors (Lipinski definition) is 13. The van der Waals surface area contributed by atoms with Gasteiger partial charge in [0.05, 0.1) is 35.6 Å². The number of fused-ring (bicyclic) bond motifs is 5. The highest BCUT2D eigenvalue weighted by Crippen LogP contribution is 2.65. The van der Waals surface area contributed by atoms with Crippen LogP contribution in [0.25, 0.3) is 0 Å². The lowest BCUT2D eigenvalue weighted by Gasteiger charge is -2.67. The first-order valence-corrected chi connectivity index (χ1v) is 30.8. The standard InChI is InChI=1S/C55H79NO13Si2/c1-16-33(5)48(60)56-42(36-26-22-20-23-27-36)44(68-70(14,15)51(8,9)10)50(62)65-38-31-55(63)47(66-49(61)37-28-24-21-25-29-37)45-53(13,39(58)30-40-54(45,32-64-40)67-35(7)57)46(59)43(41(34(38)6)52(55,11)12)69-71(17-2,18-3)19-4/h16,20-29,38-40,42-45,47,58,63H,17-19,30-32H2,1-15H3,(H,56,60)/b33-16+/t38-,39-,40+,42-,43+,44+,45?,47-,53+,54-,55+/m0/s1. The van der Waals surface area contributed by atoms with Gasteiger partial charge in [-0.1, -0.05) is 110 Å². The lowest BCUT2D eigenvalue weighted by Crippen LogP contribution is -2.82. The fraction of sp³-hybridized carbons (Fsp3) is 0.618. The fourth-order valence-corrected chi connectivity index (χ4v) is 15.4. The Labute approximate surface area is 422 Å². The number of hydrogen-bond donors (Lipinski definition) is 3. The molecule has 1 amide bonds. The summed E-state index contributed by atoms with van der Waals surface area (Å²) in [4.78, 5) is 73.8. The van der Waals surface area contributed by atoms with Crippen LogP contribution in [0.4, 0.5) is 0 Å². The van der Waals surface area contributed by atoms with E-state index in [1.54, 1.807) is 90.1 Å². The summed E-state index contributed by atoms with van der Waals surface area (Å²) in [6, 6.07) is 18.1. The van der Waals surface area contributed by atoms with E-state index in [-0.39, 0.29) is 25.0 Å². The van der Waals surface area contributed by atoms with Crippen LogP contribution < -0.4 is 5.32 Å². The van der Waals surface area contributed by atoms with Gasteiger partial charge in [-0.3, -0.25) is 14.4 Å². The van der Waals surface area contributed by atoms with E-state index in [0.29, 0.717) is 40.4 Å². The third-order valence-electron chi connectivity index (χ3n) is 17.5. The van der Waals surface area contributed by atoms with Gasteiger partial charge in [-0.15, -0.1) is 0 Å². The number of Topliss-reactive ketones (excluding diaryl/α,β-unsaturated/α-hetero) is 1. The van der Waals surface area contributed by atoms with Gasteiger partial charge in [0.1, 0.15) is 30.0 Å².